The number of nitrogens with one attached hydrogen (secondary N) is 25. The smallest absolute Gasteiger partial charge is 0.264 e. The van der Waals surface area contributed by atoms with E-state index in [4.69, 9.17) is 83.4 Å². The van der Waals surface area contributed by atoms with Gasteiger partial charge in [-0.1, -0.05) is 0 Å². The number of amides is 9. The van der Waals surface area contributed by atoms with Crippen LogP contribution in [0.25, 0.3) is 0 Å². The highest BCUT2D eigenvalue weighted by Gasteiger charge is 2.38. The third-order valence-electron chi connectivity index (χ3n) is 13.4. The minimum Gasteiger partial charge on any atom is -0.370 e. The molecule has 0 bridgehead atoms. The third kappa shape index (κ3) is 34.8. The van der Waals surface area contributed by atoms with Crippen molar-refractivity contribution in [1.29, 1.82) is 43.3 Å². The van der Waals surface area contributed by atoms with E-state index < -0.39 is 120 Å². The number of guanidine groups is 8. The van der Waals surface area contributed by atoms with Gasteiger partial charge in [-0.25, -0.2) is 0 Å². The van der Waals surface area contributed by atoms with Gasteiger partial charge in [-0.2, -0.15) is 0 Å². The van der Waals surface area contributed by atoms with Crippen molar-refractivity contribution in [1.82, 2.24) is 95.3 Å². The molecule has 1 heterocycles. The number of carbonyl (C=O) groups is 9. The number of carbonyl (C=O) groups excluding carboxylic acids is 9. The Balaban J connectivity index is 3.88. The van der Waals surface area contributed by atoms with E-state index in [1.807, 2.05) is 0 Å². The van der Waals surface area contributed by atoms with Gasteiger partial charge in [-0.3, -0.25) is 86.4 Å². The first-order valence-corrected chi connectivity index (χ1v) is 29.7. The van der Waals surface area contributed by atoms with Gasteiger partial charge in [-0.15, -0.1) is 0 Å². The first kappa shape index (κ1) is 79.4. The molecule has 0 unspecified atom stereocenters. The van der Waals surface area contributed by atoms with Crippen molar-refractivity contribution in [3.8, 4) is 0 Å². The first-order chi connectivity index (χ1) is 43.4. The topological polar surface area (TPSA) is 734 Å². The lowest BCUT2D eigenvalue weighted by Gasteiger charge is -2.32. The molecule has 1 saturated heterocycles. The number of nitrogens with zero attached hydrogens (tertiary/aromatic N) is 1. The zero-order valence-electron chi connectivity index (χ0n) is 52.0. The van der Waals surface area contributed by atoms with Gasteiger partial charge in [0.2, 0.25) is 47.3 Å². The van der Waals surface area contributed by atoms with Crippen molar-refractivity contribution in [2.45, 2.75) is 145 Å². The molecule has 1 aliphatic rings. The van der Waals surface area contributed by atoms with Gasteiger partial charge in [0, 0.05) is 72.9 Å². The molecule has 0 aromatic carbocycles. The van der Waals surface area contributed by atoms with E-state index in [1.165, 1.54) is 14.0 Å². The number of likely N-dealkylation sites (N-methyl/N-ethyl adjacent to an activating group) is 1. The number of hydrogen-bond acceptors (Lipinski definition) is 17. The van der Waals surface area contributed by atoms with Gasteiger partial charge in [0.25, 0.3) is 5.91 Å². The standard InChI is InChI=1S/C50H99N33O9/c1-26(84)75-28(11-4-18-68-44(53)54)36(86)77-30(13-6-20-70-46(57)58)38(88)78-31(14-7-21-71-47(59)60)39(89)80-33(16-9-23-73-49(63)64)41(91)82-34(83-25-24-74-50(83)65)42(92)81-32(15-8-22-72-48(61)62)40(90)79-29(12-5-19-69-45(55)56)37(87)76-27(35(85)66-2)10-3-17-67-43(51)52/h27-34H,3-25H2,1-2H3,(H2,65,74)(H,66,85)(H,75,84)(H,76,87)(H,77,86)(H,78,88)(H,79,90)(H,80,89)(H,81,92)(H,82,91)(H4,51,52,67)(H4,53,54,68)(H4,55,56,69)(H4,57,58,70)(H4,59,60,71)(H4,61,62,72)(H4,63,64,73)/t27-,28-,29-,30-,31-,32-,33-,34-/m1/s1. The summed E-state index contributed by atoms with van der Waals surface area (Å²) in [6.07, 6.45) is -1.53. The Morgan fingerprint density at radius 2 is 0.587 bits per heavy atom. The maximum Gasteiger partial charge on any atom is 0.264 e. The molecule has 0 saturated carbocycles. The molecular formula is C50H99N33O9. The van der Waals surface area contributed by atoms with Gasteiger partial charge in [0.1, 0.15) is 42.3 Å². The second-order valence-electron chi connectivity index (χ2n) is 21.0. The van der Waals surface area contributed by atoms with Crippen LogP contribution in [-0.4, -0.2) is 220 Å². The van der Waals surface area contributed by atoms with Crippen molar-refractivity contribution >= 4 is 101 Å². The second-order valence-corrected chi connectivity index (χ2v) is 21.0. The van der Waals surface area contributed by atoms with Gasteiger partial charge >= 0.3 is 0 Å². The summed E-state index contributed by atoms with van der Waals surface area (Å²) < 4.78 is 0. The van der Waals surface area contributed by atoms with Crippen LogP contribution in [0.2, 0.25) is 0 Å². The molecule has 39 N–H and O–H groups in total. The molecule has 42 heteroatoms. The zero-order valence-corrected chi connectivity index (χ0v) is 52.0. The van der Waals surface area contributed by atoms with Crippen LogP contribution in [0, 0.1) is 43.3 Å². The largest absolute Gasteiger partial charge is 0.370 e. The molecule has 1 rings (SSSR count). The summed E-state index contributed by atoms with van der Waals surface area (Å²) in [6, 6.07) is -9.70. The Morgan fingerprint density at radius 3 is 0.793 bits per heavy atom. The zero-order chi connectivity index (χ0) is 69.3. The fourth-order valence-corrected chi connectivity index (χ4v) is 8.90. The summed E-state index contributed by atoms with van der Waals surface area (Å²) in [5.74, 6) is -10.6. The molecule has 0 aromatic rings. The highest BCUT2D eigenvalue weighted by molar-refractivity contribution is 5.99. The lowest BCUT2D eigenvalue weighted by atomic mass is 10.0. The van der Waals surface area contributed by atoms with Crippen molar-refractivity contribution in [2.75, 3.05) is 66.0 Å². The molecule has 1 aliphatic heterocycles. The van der Waals surface area contributed by atoms with E-state index in [0.717, 1.165) is 4.90 Å². The fraction of sp³-hybridized carbons (Fsp3) is 0.660. The van der Waals surface area contributed by atoms with Crippen LogP contribution >= 0.6 is 0 Å². The van der Waals surface area contributed by atoms with Gasteiger partial charge in [0.05, 0.1) is 0 Å². The Morgan fingerprint density at radius 1 is 0.370 bits per heavy atom. The highest BCUT2D eigenvalue weighted by atomic mass is 16.2. The van der Waals surface area contributed by atoms with Crippen LogP contribution in [-0.2, 0) is 43.2 Å². The van der Waals surface area contributed by atoms with Crippen LogP contribution < -0.4 is 131 Å². The Bertz CT molecular complexity index is 2560. The molecule has 8 atom stereocenters. The second kappa shape index (κ2) is 43.9. The maximum atomic E-state index is 14.8. The minimum atomic E-state index is -1.81. The number of hydrogen-bond donors (Lipinski definition) is 32. The summed E-state index contributed by atoms with van der Waals surface area (Å²) in [7, 11) is 1.35. The lowest BCUT2D eigenvalue weighted by Crippen LogP contribution is -2.64. The molecule has 0 spiro atoms. The molecule has 92 heavy (non-hydrogen) atoms. The Hall–Kier alpha value is -10.6. The van der Waals surface area contributed by atoms with Crippen molar-refractivity contribution in [2.24, 2.45) is 40.1 Å². The summed E-state index contributed by atoms with van der Waals surface area (Å²) in [5.41, 5.74) is 38.2. The van der Waals surface area contributed by atoms with Crippen LogP contribution in [0.1, 0.15) is 96.8 Å². The average Bonchev–Trinajstić information content (AvgIpc) is 1.51. The summed E-state index contributed by atoms with van der Waals surface area (Å²) in [4.78, 5) is 127. The normalized spacial score (nSPS) is 14.0. The SMILES string of the molecule is CNC(=O)[C@@H](CCCNC(=N)N)NC(=O)[C@@H](CCCNC(=N)N)NC(=O)[C@@H](CCCNC(=N)N)NC(=O)[C@H](NC(=O)[C@@H](CCCNC(=N)N)NC(=O)[C@@H](CCCNC(=N)N)NC(=O)[C@@H](CCCNC(=N)N)NC(=O)[C@@H](CCCNC(=N)N)NC(C)=O)N1CCNC1=N. The Kier molecular flexibility index (Phi) is 37.9. The van der Waals surface area contributed by atoms with Crippen molar-refractivity contribution < 1.29 is 43.2 Å². The molecule has 42 nitrogen and oxygen atoms in total. The van der Waals surface area contributed by atoms with Crippen molar-refractivity contribution in [3.05, 3.63) is 0 Å². The first-order valence-electron chi connectivity index (χ1n) is 29.7. The molecular weight excluding hydrogens is 1210 g/mol. The van der Waals surface area contributed by atoms with E-state index in [9.17, 15) is 43.2 Å². The van der Waals surface area contributed by atoms with E-state index in [1.54, 1.807) is 0 Å². The third-order valence-corrected chi connectivity index (χ3v) is 13.4. The number of rotatable bonds is 45. The van der Waals surface area contributed by atoms with Gasteiger partial charge < -0.3 is 135 Å². The van der Waals surface area contributed by atoms with Crippen LogP contribution in [0.3, 0.4) is 0 Å². The predicted molar refractivity (Wildman–Crippen MR) is 342 cm³/mol. The maximum absolute atomic E-state index is 14.8. The summed E-state index contributed by atoms with van der Waals surface area (Å²) >= 11 is 0. The van der Waals surface area contributed by atoms with Gasteiger partial charge in [-0.05, 0) is 89.9 Å². The summed E-state index contributed by atoms with van der Waals surface area (Å²) in [5, 5.41) is 106. The number of nitrogens with two attached hydrogens (primary N) is 7. The summed E-state index contributed by atoms with van der Waals surface area (Å²) in [6.45, 7) is 1.78. The minimum absolute atomic E-state index is 0.00432. The Labute approximate surface area is 532 Å². The van der Waals surface area contributed by atoms with E-state index in [2.05, 4.69) is 90.4 Å². The monoisotopic (exact) mass is 1310 g/mol. The fourth-order valence-electron chi connectivity index (χ4n) is 8.90. The average molecular weight is 1310 g/mol. The lowest BCUT2D eigenvalue weighted by molar-refractivity contribution is -0.137. The molecule has 518 valence electrons. The molecule has 9 amide bonds. The van der Waals surface area contributed by atoms with E-state index in [0.29, 0.717) is 0 Å². The van der Waals surface area contributed by atoms with Crippen LogP contribution in [0.5, 0.6) is 0 Å². The van der Waals surface area contributed by atoms with Gasteiger partial charge in [0.15, 0.2) is 53.8 Å². The highest BCUT2D eigenvalue weighted by Crippen LogP contribution is 2.11. The molecule has 0 aliphatic carbocycles. The predicted octanol–water partition coefficient (Wildman–Crippen LogP) is -10.7. The van der Waals surface area contributed by atoms with Crippen LogP contribution in [0.4, 0.5) is 0 Å². The molecule has 0 aromatic heterocycles. The van der Waals surface area contributed by atoms with Crippen molar-refractivity contribution in [3.63, 3.8) is 0 Å². The molecule has 0 radical (unpaired) electrons. The van der Waals surface area contributed by atoms with E-state index in [-0.39, 0.29) is 179 Å². The van der Waals surface area contributed by atoms with E-state index >= 15 is 0 Å². The quantitative estimate of drug-likeness (QED) is 0.0153. The van der Waals surface area contributed by atoms with Crippen LogP contribution in [0.15, 0.2) is 0 Å². The molecule has 1 fully saturated rings.